The van der Waals surface area contributed by atoms with Gasteiger partial charge in [0.05, 0.1) is 49.1 Å². The molecule has 0 aliphatic carbocycles. The van der Waals surface area contributed by atoms with Gasteiger partial charge in [-0.1, -0.05) is 11.6 Å². The molecule has 3 N–H and O–H groups in total. The molecule has 2 fully saturated rings. The van der Waals surface area contributed by atoms with Crippen molar-refractivity contribution in [3.63, 3.8) is 0 Å². The third kappa shape index (κ3) is 7.20. The Morgan fingerprint density at radius 2 is 2.00 bits per heavy atom. The van der Waals surface area contributed by atoms with Crippen LogP contribution in [0.5, 0.6) is 5.75 Å². The van der Waals surface area contributed by atoms with E-state index in [0.717, 1.165) is 45.6 Å². The molecule has 1 unspecified atom stereocenters. The number of morpholine rings is 1. The zero-order valence-electron chi connectivity index (χ0n) is 19.5. The molecule has 2 heterocycles. The number of carbonyl (C=O) groups is 2. The molecule has 1 aromatic rings. The minimum Gasteiger partial charge on any atom is -0.496 e. The van der Waals surface area contributed by atoms with E-state index in [-0.39, 0.29) is 17.9 Å². The van der Waals surface area contributed by atoms with E-state index in [4.69, 9.17) is 31.5 Å². The molecule has 0 bridgehead atoms. The highest BCUT2D eigenvalue weighted by molar-refractivity contribution is 6.33. The Morgan fingerprint density at radius 3 is 2.70 bits per heavy atom. The second-order valence-electron chi connectivity index (χ2n) is 8.60. The van der Waals surface area contributed by atoms with Gasteiger partial charge in [0.1, 0.15) is 5.75 Å². The predicted octanol–water partition coefficient (Wildman–Crippen LogP) is 1.64. The molecule has 2 amide bonds. The van der Waals surface area contributed by atoms with Crippen LogP contribution in [0.3, 0.4) is 0 Å². The first-order chi connectivity index (χ1) is 15.9. The lowest BCUT2D eigenvalue weighted by molar-refractivity contribution is -0.133. The van der Waals surface area contributed by atoms with Crippen LogP contribution in [0, 0.1) is 5.92 Å². The Hall–Kier alpha value is -2.07. The summed E-state index contributed by atoms with van der Waals surface area (Å²) in [5, 5.41) is 3.24. The Labute approximate surface area is 200 Å². The molecular weight excluding hydrogens is 448 g/mol. The standard InChI is InChI=1S/C23H35ClN4O5/c1-31-9-5-22(29)28-6-3-16(4-7-28)14-27-8-10-33-17(15-27)13-26-23(30)18-11-19(24)20(25)12-21(18)32-2/h11-12,16-17H,3-10,13-15,25H2,1-2H3,(H,26,30). The van der Waals surface area contributed by atoms with Gasteiger partial charge in [0.15, 0.2) is 0 Å². The molecule has 0 saturated carbocycles. The topological polar surface area (TPSA) is 106 Å². The largest absolute Gasteiger partial charge is 0.496 e. The SMILES string of the molecule is COCCC(=O)N1CCC(CN2CCOC(CNC(=O)c3cc(Cl)c(N)cc3OC)C2)CC1. The van der Waals surface area contributed by atoms with E-state index in [1.165, 1.54) is 13.2 Å². The molecule has 2 aliphatic rings. The van der Waals surface area contributed by atoms with E-state index in [9.17, 15) is 9.59 Å². The molecule has 0 aromatic heterocycles. The lowest BCUT2D eigenvalue weighted by Gasteiger charge is -2.38. The van der Waals surface area contributed by atoms with Crippen LogP contribution in [-0.4, -0.2) is 94.4 Å². The molecule has 10 heteroatoms. The van der Waals surface area contributed by atoms with Crippen LogP contribution in [-0.2, 0) is 14.3 Å². The van der Waals surface area contributed by atoms with Crippen LogP contribution in [0.2, 0.25) is 5.02 Å². The Kier molecular flexibility index (Phi) is 9.61. The van der Waals surface area contributed by atoms with Crippen molar-refractivity contribution in [2.45, 2.75) is 25.4 Å². The molecule has 33 heavy (non-hydrogen) atoms. The number of nitrogens with one attached hydrogen (secondary N) is 1. The second-order valence-corrected chi connectivity index (χ2v) is 9.01. The van der Waals surface area contributed by atoms with Gasteiger partial charge in [-0.2, -0.15) is 0 Å². The van der Waals surface area contributed by atoms with Gasteiger partial charge in [-0.15, -0.1) is 0 Å². The molecule has 0 spiro atoms. The van der Waals surface area contributed by atoms with Crippen LogP contribution < -0.4 is 15.8 Å². The van der Waals surface area contributed by atoms with Crippen molar-refractivity contribution in [2.75, 3.05) is 72.4 Å². The van der Waals surface area contributed by atoms with Crippen LogP contribution in [0.1, 0.15) is 29.6 Å². The molecule has 2 saturated heterocycles. The number of nitrogens with zero attached hydrogens (tertiary/aromatic N) is 2. The first-order valence-corrected chi connectivity index (χ1v) is 11.8. The monoisotopic (exact) mass is 482 g/mol. The molecule has 3 rings (SSSR count). The normalized spacial score (nSPS) is 20.0. The third-order valence-electron chi connectivity index (χ3n) is 6.28. The van der Waals surface area contributed by atoms with Crippen molar-refractivity contribution in [2.24, 2.45) is 5.92 Å². The van der Waals surface area contributed by atoms with Crippen molar-refractivity contribution in [1.29, 1.82) is 0 Å². The highest BCUT2D eigenvalue weighted by Gasteiger charge is 2.27. The Morgan fingerprint density at radius 1 is 1.24 bits per heavy atom. The Bertz CT molecular complexity index is 816. The summed E-state index contributed by atoms with van der Waals surface area (Å²) < 4.78 is 16.1. The average molecular weight is 483 g/mol. The summed E-state index contributed by atoms with van der Waals surface area (Å²) in [6, 6.07) is 3.07. The van der Waals surface area contributed by atoms with Crippen LogP contribution in [0.15, 0.2) is 12.1 Å². The number of nitrogens with two attached hydrogens (primary N) is 1. The maximum atomic E-state index is 12.7. The van der Waals surface area contributed by atoms with Gasteiger partial charge in [0.25, 0.3) is 5.91 Å². The molecule has 9 nitrogen and oxygen atoms in total. The zero-order valence-corrected chi connectivity index (χ0v) is 20.2. The second kappa shape index (κ2) is 12.4. The van der Waals surface area contributed by atoms with Gasteiger partial charge in [0, 0.05) is 52.4 Å². The summed E-state index contributed by atoms with van der Waals surface area (Å²) in [5.74, 6) is 0.843. The number of methoxy groups -OCH3 is 2. The fourth-order valence-electron chi connectivity index (χ4n) is 4.36. The highest BCUT2D eigenvalue weighted by Crippen LogP contribution is 2.28. The number of carbonyl (C=O) groups excluding carboxylic acids is 2. The number of amides is 2. The third-order valence-corrected chi connectivity index (χ3v) is 6.61. The van der Waals surface area contributed by atoms with Gasteiger partial charge in [0.2, 0.25) is 5.91 Å². The fourth-order valence-corrected chi connectivity index (χ4v) is 4.53. The van der Waals surface area contributed by atoms with E-state index < -0.39 is 0 Å². The number of halogens is 1. The lowest BCUT2D eigenvalue weighted by Crippen LogP contribution is -2.50. The number of likely N-dealkylation sites (tertiary alicyclic amines) is 1. The van der Waals surface area contributed by atoms with Crippen molar-refractivity contribution in [1.82, 2.24) is 15.1 Å². The van der Waals surface area contributed by atoms with E-state index in [1.807, 2.05) is 4.90 Å². The van der Waals surface area contributed by atoms with E-state index in [0.29, 0.717) is 54.1 Å². The van der Waals surface area contributed by atoms with Gasteiger partial charge in [-0.05, 0) is 24.8 Å². The smallest absolute Gasteiger partial charge is 0.255 e. The van der Waals surface area contributed by atoms with Crippen LogP contribution in [0.25, 0.3) is 0 Å². The maximum Gasteiger partial charge on any atom is 0.255 e. The first kappa shape index (κ1) is 25.6. The minimum absolute atomic E-state index is 0.0892. The molecule has 2 aliphatic heterocycles. The minimum atomic E-state index is -0.278. The molecular formula is C23H35ClN4O5. The number of piperidine rings is 1. The quantitative estimate of drug-likeness (QED) is 0.515. The van der Waals surface area contributed by atoms with Gasteiger partial charge in [-0.3, -0.25) is 14.5 Å². The lowest BCUT2D eigenvalue weighted by atomic mass is 9.95. The maximum absolute atomic E-state index is 12.7. The molecule has 0 radical (unpaired) electrons. The predicted molar refractivity (Wildman–Crippen MR) is 127 cm³/mol. The summed E-state index contributed by atoms with van der Waals surface area (Å²) in [6.45, 7) is 5.73. The van der Waals surface area contributed by atoms with Crippen LogP contribution in [0.4, 0.5) is 5.69 Å². The van der Waals surface area contributed by atoms with Crippen molar-refractivity contribution in [3.05, 3.63) is 22.7 Å². The molecule has 184 valence electrons. The summed E-state index contributed by atoms with van der Waals surface area (Å²) in [7, 11) is 3.10. The number of rotatable bonds is 9. The summed E-state index contributed by atoms with van der Waals surface area (Å²) in [5.41, 5.74) is 6.50. The fraction of sp³-hybridized carbons (Fsp3) is 0.652. The van der Waals surface area contributed by atoms with E-state index in [1.54, 1.807) is 13.2 Å². The zero-order chi connectivity index (χ0) is 23.8. The van der Waals surface area contributed by atoms with Crippen LogP contribution >= 0.6 is 11.6 Å². The summed E-state index contributed by atoms with van der Waals surface area (Å²) in [6.07, 6.45) is 2.38. The average Bonchev–Trinajstić information content (AvgIpc) is 2.83. The van der Waals surface area contributed by atoms with Gasteiger partial charge >= 0.3 is 0 Å². The summed E-state index contributed by atoms with van der Waals surface area (Å²) >= 11 is 6.08. The number of nitrogen functional groups attached to an aromatic ring is 1. The van der Waals surface area contributed by atoms with E-state index >= 15 is 0 Å². The van der Waals surface area contributed by atoms with Gasteiger partial charge < -0.3 is 30.2 Å². The molecule has 1 atom stereocenters. The van der Waals surface area contributed by atoms with Gasteiger partial charge in [-0.25, -0.2) is 0 Å². The molecule has 1 aromatic carbocycles. The number of anilines is 1. The number of benzene rings is 1. The van der Waals surface area contributed by atoms with E-state index in [2.05, 4.69) is 10.2 Å². The summed E-state index contributed by atoms with van der Waals surface area (Å²) in [4.78, 5) is 29.2. The first-order valence-electron chi connectivity index (χ1n) is 11.4. The van der Waals surface area contributed by atoms with Crippen molar-refractivity contribution < 1.29 is 23.8 Å². The number of hydrogen-bond acceptors (Lipinski definition) is 7. The number of ether oxygens (including phenoxy) is 3. The Balaban J connectivity index is 1.43. The highest BCUT2D eigenvalue weighted by atomic mass is 35.5. The van der Waals surface area contributed by atoms with Crippen molar-refractivity contribution in [3.8, 4) is 5.75 Å². The van der Waals surface area contributed by atoms with Crippen molar-refractivity contribution >= 4 is 29.1 Å². The number of hydrogen-bond donors (Lipinski definition) is 2.